The third-order valence-corrected chi connectivity index (χ3v) is 5.44. The van der Waals surface area contributed by atoms with Gasteiger partial charge in [0.2, 0.25) is 0 Å². The lowest BCUT2D eigenvalue weighted by molar-refractivity contribution is -0.137. The van der Waals surface area contributed by atoms with E-state index in [1.807, 2.05) is 30.3 Å². The molecule has 1 saturated heterocycles. The average molecular weight is 388 g/mol. The molecule has 2 unspecified atom stereocenters. The normalized spacial score (nSPS) is 18.6. The van der Waals surface area contributed by atoms with Crippen LogP contribution in [0.4, 0.5) is 13.2 Å². The molecule has 1 aromatic heterocycles. The summed E-state index contributed by atoms with van der Waals surface area (Å²) in [7, 11) is 0. The van der Waals surface area contributed by atoms with Gasteiger partial charge in [-0.25, -0.2) is 4.98 Å². The number of imidazole rings is 1. The molecule has 1 aliphatic rings. The first-order valence-corrected chi connectivity index (χ1v) is 9.71. The van der Waals surface area contributed by atoms with Crippen LogP contribution in [0.5, 0.6) is 0 Å². The average Bonchev–Trinajstić information content (AvgIpc) is 3.31. The summed E-state index contributed by atoms with van der Waals surface area (Å²) in [6, 6.07) is 13.9. The van der Waals surface area contributed by atoms with Crippen LogP contribution in [0.25, 0.3) is 11.0 Å². The smallest absolute Gasteiger partial charge is 0.376 e. The van der Waals surface area contributed by atoms with E-state index in [0.29, 0.717) is 12.1 Å². The first-order chi connectivity index (χ1) is 13.5. The summed E-state index contributed by atoms with van der Waals surface area (Å²) in [4.78, 5) is 4.68. The predicted molar refractivity (Wildman–Crippen MR) is 102 cm³/mol. The highest BCUT2D eigenvalue weighted by Crippen LogP contribution is 2.35. The van der Waals surface area contributed by atoms with Crippen molar-refractivity contribution in [2.24, 2.45) is 0 Å². The Morgan fingerprint density at radius 1 is 1.18 bits per heavy atom. The van der Waals surface area contributed by atoms with Crippen molar-refractivity contribution < 1.29 is 17.9 Å². The van der Waals surface area contributed by atoms with E-state index < -0.39 is 11.7 Å². The van der Waals surface area contributed by atoms with Crippen LogP contribution in [-0.4, -0.2) is 22.3 Å². The minimum absolute atomic E-state index is 0.0179. The van der Waals surface area contributed by atoms with Crippen LogP contribution in [0.2, 0.25) is 0 Å². The van der Waals surface area contributed by atoms with Crippen LogP contribution in [0.3, 0.4) is 0 Å². The molecule has 0 bridgehead atoms. The fraction of sp³-hybridized carbons (Fsp3) is 0.409. The minimum atomic E-state index is -4.38. The molecular weight excluding hydrogens is 365 g/mol. The fourth-order valence-corrected chi connectivity index (χ4v) is 4.03. The number of rotatable bonds is 5. The maximum Gasteiger partial charge on any atom is 0.416 e. The van der Waals surface area contributed by atoms with Gasteiger partial charge in [-0.2, -0.15) is 13.2 Å². The molecule has 2 atom stereocenters. The van der Waals surface area contributed by atoms with Crippen molar-refractivity contribution >= 4 is 11.0 Å². The van der Waals surface area contributed by atoms with Gasteiger partial charge in [-0.15, -0.1) is 0 Å². The third kappa shape index (κ3) is 3.65. The van der Waals surface area contributed by atoms with Gasteiger partial charge in [0.1, 0.15) is 5.82 Å². The number of halogens is 3. The van der Waals surface area contributed by atoms with Crippen molar-refractivity contribution in [3.05, 3.63) is 65.5 Å². The Morgan fingerprint density at radius 2 is 1.96 bits per heavy atom. The van der Waals surface area contributed by atoms with Gasteiger partial charge in [-0.1, -0.05) is 37.3 Å². The maximum absolute atomic E-state index is 13.2. The Hall–Kier alpha value is -2.34. The van der Waals surface area contributed by atoms with Crippen molar-refractivity contribution in [1.29, 1.82) is 0 Å². The second-order valence-electron chi connectivity index (χ2n) is 7.29. The summed E-state index contributed by atoms with van der Waals surface area (Å²) in [6.07, 6.45) is -1.52. The summed E-state index contributed by atoms with van der Waals surface area (Å²) in [5, 5.41) is 0. The highest BCUT2D eigenvalue weighted by molar-refractivity contribution is 5.77. The number of alkyl halides is 3. The summed E-state index contributed by atoms with van der Waals surface area (Å²) in [6.45, 7) is 3.43. The highest BCUT2D eigenvalue weighted by atomic mass is 19.4. The van der Waals surface area contributed by atoms with Crippen LogP contribution in [0, 0.1) is 0 Å². The van der Waals surface area contributed by atoms with E-state index in [1.54, 1.807) is 6.07 Å². The van der Waals surface area contributed by atoms with E-state index in [2.05, 4.69) is 16.5 Å². The molecule has 0 aliphatic carbocycles. The van der Waals surface area contributed by atoms with E-state index in [0.717, 1.165) is 54.9 Å². The lowest BCUT2D eigenvalue weighted by Gasteiger charge is -2.20. The Bertz CT molecular complexity index is 944. The number of aromatic nitrogens is 2. The van der Waals surface area contributed by atoms with Gasteiger partial charge in [-0.05, 0) is 43.0 Å². The standard InChI is InChI=1S/C22H23F3N2O/c1-2-18(15-7-4-3-5-8-15)21-26-19-13-16(22(23,24)25)10-11-20(19)27(21)14-17-9-6-12-28-17/h3-5,7-8,10-11,13,17-18H,2,6,9,12,14H2,1H3. The monoisotopic (exact) mass is 388 g/mol. The van der Waals surface area contributed by atoms with E-state index in [9.17, 15) is 13.2 Å². The maximum atomic E-state index is 13.2. The minimum Gasteiger partial charge on any atom is -0.376 e. The van der Waals surface area contributed by atoms with Gasteiger partial charge < -0.3 is 9.30 Å². The molecule has 1 aliphatic heterocycles. The van der Waals surface area contributed by atoms with Crippen molar-refractivity contribution in [3.63, 3.8) is 0 Å². The molecule has 148 valence electrons. The van der Waals surface area contributed by atoms with E-state index >= 15 is 0 Å². The molecule has 28 heavy (non-hydrogen) atoms. The molecule has 0 amide bonds. The third-order valence-electron chi connectivity index (χ3n) is 5.44. The molecule has 2 aromatic carbocycles. The van der Waals surface area contributed by atoms with Crippen LogP contribution in [0.1, 0.15) is 49.1 Å². The second kappa shape index (κ2) is 7.59. The van der Waals surface area contributed by atoms with Gasteiger partial charge in [0.05, 0.1) is 29.2 Å². The van der Waals surface area contributed by atoms with Gasteiger partial charge in [-0.3, -0.25) is 0 Å². The molecule has 1 fully saturated rings. The Labute approximate surface area is 162 Å². The molecule has 3 nitrogen and oxygen atoms in total. The lowest BCUT2D eigenvalue weighted by atomic mass is 9.95. The zero-order valence-electron chi connectivity index (χ0n) is 15.7. The molecule has 6 heteroatoms. The number of hydrogen-bond donors (Lipinski definition) is 0. The van der Waals surface area contributed by atoms with Crippen molar-refractivity contribution in [3.8, 4) is 0 Å². The molecule has 0 spiro atoms. The largest absolute Gasteiger partial charge is 0.416 e. The van der Waals surface area contributed by atoms with E-state index in [1.165, 1.54) is 0 Å². The predicted octanol–water partition coefficient (Wildman–Crippen LogP) is 5.78. The SMILES string of the molecule is CCC(c1ccccc1)c1nc2cc(C(F)(F)F)ccc2n1CC1CCCO1. The summed E-state index contributed by atoms with van der Waals surface area (Å²) >= 11 is 0. The first-order valence-electron chi connectivity index (χ1n) is 9.71. The Morgan fingerprint density at radius 3 is 2.61 bits per heavy atom. The lowest BCUT2D eigenvalue weighted by Crippen LogP contribution is -2.19. The molecule has 3 aromatic rings. The van der Waals surface area contributed by atoms with Gasteiger partial charge in [0.25, 0.3) is 0 Å². The Balaban J connectivity index is 1.84. The Kier molecular flexibility index (Phi) is 5.15. The molecule has 0 N–H and O–H groups in total. The van der Waals surface area contributed by atoms with Gasteiger partial charge >= 0.3 is 6.18 Å². The molecule has 0 saturated carbocycles. The molecule has 4 rings (SSSR count). The first kappa shape index (κ1) is 19.0. The van der Waals surface area contributed by atoms with Crippen LogP contribution < -0.4 is 0 Å². The number of nitrogens with zero attached hydrogens (tertiary/aromatic N) is 2. The summed E-state index contributed by atoms with van der Waals surface area (Å²) in [5.41, 5.74) is 1.57. The quantitative estimate of drug-likeness (QED) is 0.554. The van der Waals surface area contributed by atoms with Crippen molar-refractivity contribution in [2.45, 2.75) is 50.9 Å². The topological polar surface area (TPSA) is 27.1 Å². The molecule has 0 radical (unpaired) electrons. The molecular formula is C22H23F3N2O. The summed E-state index contributed by atoms with van der Waals surface area (Å²) in [5.74, 6) is 0.822. The molecule has 2 heterocycles. The zero-order chi connectivity index (χ0) is 19.7. The van der Waals surface area contributed by atoms with Crippen LogP contribution in [-0.2, 0) is 17.5 Å². The highest BCUT2D eigenvalue weighted by Gasteiger charge is 2.32. The number of ether oxygens (including phenoxy) is 1. The zero-order valence-corrected chi connectivity index (χ0v) is 15.7. The second-order valence-corrected chi connectivity index (χ2v) is 7.29. The van der Waals surface area contributed by atoms with Crippen LogP contribution in [0.15, 0.2) is 48.5 Å². The number of fused-ring (bicyclic) bond motifs is 1. The fourth-order valence-electron chi connectivity index (χ4n) is 4.03. The van der Waals surface area contributed by atoms with E-state index in [4.69, 9.17) is 4.74 Å². The van der Waals surface area contributed by atoms with Gasteiger partial charge in [0.15, 0.2) is 0 Å². The van der Waals surface area contributed by atoms with E-state index in [-0.39, 0.29) is 12.0 Å². The number of hydrogen-bond acceptors (Lipinski definition) is 2. The summed E-state index contributed by atoms with van der Waals surface area (Å²) < 4.78 is 47.4. The van der Waals surface area contributed by atoms with Gasteiger partial charge in [0, 0.05) is 12.5 Å². The van der Waals surface area contributed by atoms with Crippen molar-refractivity contribution in [1.82, 2.24) is 9.55 Å². The number of benzene rings is 2. The van der Waals surface area contributed by atoms with Crippen LogP contribution >= 0.6 is 0 Å². The van der Waals surface area contributed by atoms with Crippen molar-refractivity contribution in [2.75, 3.05) is 6.61 Å².